The summed E-state index contributed by atoms with van der Waals surface area (Å²) in [6, 6.07) is 8.39. The van der Waals surface area contributed by atoms with Gasteiger partial charge in [-0.2, -0.15) is 0 Å². The average Bonchev–Trinajstić information content (AvgIpc) is 2.46. The molecule has 0 saturated carbocycles. The topological polar surface area (TPSA) is 3.24 Å². The number of hydrogen-bond acceptors (Lipinski definition) is 1. The molecule has 0 bridgehead atoms. The van der Waals surface area contributed by atoms with Gasteiger partial charge in [0.25, 0.3) is 0 Å². The molecule has 0 N–H and O–H groups in total. The van der Waals surface area contributed by atoms with E-state index < -0.39 is 0 Å². The molecule has 0 unspecified atom stereocenters. The summed E-state index contributed by atoms with van der Waals surface area (Å²) >= 11 is 0. The van der Waals surface area contributed by atoms with Crippen LogP contribution in [0.5, 0.6) is 0 Å². The van der Waals surface area contributed by atoms with Crippen LogP contribution >= 0.6 is 0 Å². The van der Waals surface area contributed by atoms with E-state index >= 15 is 0 Å². The Hall–Kier alpha value is -1.76. The van der Waals surface area contributed by atoms with Crippen LogP contribution in [0.25, 0.3) is 0 Å². The summed E-state index contributed by atoms with van der Waals surface area (Å²) < 4.78 is 0. The van der Waals surface area contributed by atoms with Crippen molar-refractivity contribution >= 4 is 5.69 Å². The predicted octanol–water partition coefficient (Wildman–Crippen LogP) is 5.49. The van der Waals surface area contributed by atoms with E-state index in [-0.39, 0.29) is 0 Å². The van der Waals surface area contributed by atoms with Gasteiger partial charge in [-0.3, -0.25) is 0 Å². The molecule has 0 saturated heterocycles. The molecular weight excluding hydrogens is 230 g/mol. The van der Waals surface area contributed by atoms with E-state index in [9.17, 15) is 0 Å². The second-order valence-electron chi connectivity index (χ2n) is 4.12. The smallest absolute Gasteiger partial charge is 0.0437 e. The van der Waals surface area contributed by atoms with Crippen molar-refractivity contribution in [2.75, 3.05) is 11.9 Å². The van der Waals surface area contributed by atoms with Crippen LogP contribution < -0.4 is 4.90 Å². The van der Waals surface area contributed by atoms with Crippen molar-refractivity contribution in [3.63, 3.8) is 0 Å². The maximum absolute atomic E-state index is 3.84. The van der Waals surface area contributed by atoms with Crippen LogP contribution in [0, 0.1) is 6.92 Å². The van der Waals surface area contributed by atoms with Crippen molar-refractivity contribution < 1.29 is 0 Å². The highest BCUT2D eigenvalue weighted by molar-refractivity contribution is 5.59. The summed E-state index contributed by atoms with van der Waals surface area (Å²) in [6.07, 6.45) is 6.06. The summed E-state index contributed by atoms with van der Waals surface area (Å²) in [6.45, 7) is 14.1. The number of benzene rings is 1. The fourth-order valence-electron chi connectivity index (χ4n) is 1.84. The minimum absolute atomic E-state index is 1.17. The van der Waals surface area contributed by atoms with E-state index in [2.05, 4.69) is 68.8 Å². The largest absolute Gasteiger partial charge is 0.344 e. The highest BCUT2D eigenvalue weighted by Gasteiger charge is 2.08. The molecule has 1 nitrogen and oxygen atoms in total. The first-order valence-corrected chi connectivity index (χ1v) is 6.87. The number of rotatable bonds is 4. The maximum atomic E-state index is 3.84. The number of anilines is 1. The minimum Gasteiger partial charge on any atom is -0.344 e. The van der Waals surface area contributed by atoms with Crippen molar-refractivity contribution in [2.45, 2.75) is 34.6 Å². The Kier molecular flexibility index (Phi) is 8.35. The van der Waals surface area contributed by atoms with Gasteiger partial charge in [-0.05, 0) is 44.1 Å². The standard InChI is InChI=1S/C16H21N.C2H6/c1-6-10-15(13(3)7-2)17(5)16-12-9-8-11-14(16)4;1-2/h6-12H,2H2,1,3-5H3;1-2H3/b10-6-,15-13+;. The fourth-order valence-corrected chi connectivity index (χ4v) is 1.84. The normalized spacial score (nSPS) is 11.5. The molecule has 0 amide bonds. The summed E-state index contributed by atoms with van der Waals surface area (Å²) in [5.74, 6) is 0. The highest BCUT2D eigenvalue weighted by atomic mass is 15.1. The zero-order valence-corrected chi connectivity index (χ0v) is 13.2. The first-order valence-electron chi connectivity index (χ1n) is 6.87. The van der Waals surface area contributed by atoms with Crippen molar-refractivity contribution in [2.24, 2.45) is 0 Å². The second-order valence-corrected chi connectivity index (χ2v) is 4.12. The van der Waals surface area contributed by atoms with Gasteiger partial charge in [0.2, 0.25) is 0 Å². The lowest BCUT2D eigenvalue weighted by molar-refractivity contribution is 1.10. The Morgan fingerprint density at radius 1 is 1.21 bits per heavy atom. The van der Waals surface area contributed by atoms with Crippen LogP contribution in [0.2, 0.25) is 0 Å². The maximum Gasteiger partial charge on any atom is 0.0437 e. The molecule has 0 fully saturated rings. The van der Waals surface area contributed by atoms with Crippen molar-refractivity contribution in [3.05, 3.63) is 65.9 Å². The molecular formula is C18H27N. The van der Waals surface area contributed by atoms with Crippen molar-refractivity contribution in [3.8, 4) is 0 Å². The van der Waals surface area contributed by atoms with Gasteiger partial charge in [-0.1, -0.05) is 50.8 Å². The zero-order valence-electron chi connectivity index (χ0n) is 13.2. The molecule has 1 rings (SSSR count). The van der Waals surface area contributed by atoms with Gasteiger partial charge in [0.05, 0.1) is 0 Å². The lowest BCUT2D eigenvalue weighted by atomic mass is 10.1. The van der Waals surface area contributed by atoms with E-state index in [0.29, 0.717) is 0 Å². The van der Waals surface area contributed by atoms with Gasteiger partial charge in [0.1, 0.15) is 0 Å². The Bertz CT molecular complexity index is 453. The molecule has 0 atom stereocenters. The third-order valence-corrected chi connectivity index (χ3v) is 2.87. The predicted molar refractivity (Wildman–Crippen MR) is 88.6 cm³/mol. The van der Waals surface area contributed by atoms with E-state index in [4.69, 9.17) is 0 Å². The zero-order chi connectivity index (χ0) is 14.8. The molecule has 1 aromatic carbocycles. The van der Waals surface area contributed by atoms with E-state index in [1.54, 1.807) is 0 Å². The summed E-state index contributed by atoms with van der Waals surface area (Å²) in [4.78, 5) is 2.20. The van der Waals surface area contributed by atoms with Crippen molar-refractivity contribution in [1.82, 2.24) is 0 Å². The van der Waals surface area contributed by atoms with Gasteiger partial charge in [0, 0.05) is 18.4 Å². The van der Waals surface area contributed by atoms with Crippen LogP contribution in [0.4, 0.5) is 5.69 Å². The molecule has 0 aliphatic heterocycles. The van der Waals surface area contributed by atoms with Gasteiger partial charge >= 0.3 is 0 Å². The van der Waals surface area contributed by atoms with Gasteiger partial charge in [-0.15, -0.1) is 0 Å². The Labute approximate surface area is 119 Å². The SMILES string of the molecule is C=C/C(C)=C(\C=C/C)N(C)c1ccccc1C.CC. The Morgan fingerprint density at radius 2 is 1.79 bits per heavy atom. The molecule has 1 aromatic rings. The summed E-state index contributed by atoms with van der Waals surface area (Å²) in [5, 5.41) is 0. The summed E-state index contributed by atoms with van der Waals surface area (Å²) in [7, 11) is 2.09. The lowest BCUT2D eigenvalue weighted by Gasteiger charge is -2.24. The Morgan fingerprint density at radius 3 is 2.26 bits per heavy atom. The molecule has 0 aliphatic carbocycles. The van der Waals surface area contributed by atoms with Crippen molar-refractivity contribution in [1.29, 1.82) is 0 Å². The number of allylic oxidation sites excluding steroid dienone is 4. The fraction of sp³-hybridized carbons (Fsp3) is 0.333. The molecule has 19 heavy (non-hydrogen) atoms. The van der Waals surface area contributed by atoms with E-state index in [0.717, 1.165) is 0 Å². The minimum atomic E-state index is 1.17. The van der Waals surface area contributed by atoms with Crippen LogP contribution in [0.3, 0.4) is 0 Å². The molecule has 104 valence electrons. The lowest BCUT2D eigenvalue weighted by Crippen LogP contribution is -2.17. The first kappa shape index (κ1) is 17.2. The van der Waals surface area contributed by atoms with Crippen LogP contribution in [-0.2, 0) is 0 Å². The number of nitrogens with zero attached hydrogens (tertiary/aromatic N) is 1. The second kappa shape index (κ2) is 9.21. The third-order valence-electron chi connectivity index (χ3n) is 2.87. The number of aryl methyl sites for hydroxylation is 1. The van der Waals surface area contributed by atoms with Gasteiger partial charge in [-0.25, -0.2) is 0 Å². The molecule has 0 heterocycles. The highest BCUT2D eigenvalue weighted by Crippen LogP contribution is 2.24. The number of hydrogen-bond donors (Lipinski definition) is 0. The van der Waals surface area contributed by atoms with Gasteiger partial charge < -0.3 is 4.90 Å². The monoisotopic (exact) mass is 257 g/mol. The van der Waals surface area contributed by atoms with Crippen LogP contribution in [0.1, 0.15) is 33.3 Å². The molecule has 0 aromatic heterocycles. The Balaban J connectivity index is 0.00000154. The van der Waals surface area contributed by atoms with E-state index in [1.807, 2.05) is 26.8 Å². The molecule has 0 aliphatic rings. The first-order chi connectivity index (χ1) is 9.11. The third kappa shape index (κ3) is 4.78. The quantitative estimate of drug-likeness (QED) is 0.644. The van der Waals surface area contributed by atoms with Gasteiger partial charge in [0.15, 0.2) is 0 Å². The molecule has 0 spiro atoms. The molecule has 0 radical (unpaired) electrons. The summed E-state index contributed by atoms with van der Waals surface area (Å²) in [5.41, 5.74) is 4.85. The average molecular weight is 257 g/mol. The number of para-hydroxylation sites is 1. The van der Waals surface area contributed by atoms with Crippen LogP contribution in [0.15, 0.2) is 60.3 Å². The van der Waals surface area contributed by atoms with Crippen LogP contribution in [-0.4, -0.2) is 7.05 Å². The number of likely N-dealkylation sites (N-methyl/N-ethyl adjacent to an activating group) is 1. The molecule has 1 heteroatoms. The van der Waals surface area contributed by atoms with E-state index in [1.165, 1.54) is 22.5 Å².